The zero-order valence-corrected chi connectivity index (χ0v) is 18.8. The van der Waals surface area contributed by atoms with Crippen LogP contribution in [0, 0.1) is 10.7 Å². The molecular formula is C23H24N4O5S. The highest BCUT2D eigenvalue weighted by molar-refractivity contribution is 8.04. The Labute approximate surface area is 196 Å². The van der Waals surface area contributed by atoms with E-state index in [4.69, 9.17) is 24.5 Å². The number of benzene rings is 2. The summed E-state index contributed by atoms with van der Waals surface area (Å²) in [7, 11) is 0. The maximum atomic E-state index is 11.9. The quantitative estimate of drug-likeness (QED) is 0.167. The molecule has 0 radical (unpaired) electrons. The Morgan fingerprint density at radius 1 is 1.12 bits per heavy atom. The topological polar surface area (TPSA) is 127 Å². The van der Waals surface area contributed by atoms with Crippen molar-refractivity contribution in [3.63, 3.8) is 0 Å². The molecule has 5 atom stereocenters. The number of ether oxygens (including phenoxy) is 4. The highest BCUT2D eigenvalue weighted by Gasteiger charge is 2.48. The van der Waals surface area contributed by atoms with E-state index in [2.05, 4.69) is 10.0 Å². The van der Waals surface area contributed by atoms with Crippen LogP contribution in [-0.2, 0) is 37.0 Å². The van der Waals surface area contributed by atoms with Gasteiger partial charge >= 0.3 is 5.97 Å². The van der Waals surface area contributed by atoms with E-state index in [0.29, 0.717) is 6.61 Å². The summed E-state index contributed by atoms with van der Waals surface area (Å²) in [5, 5.41) is 15.1. The first-order valence-electron chi connectivity index (χ1n) is 10.3. The van der Waals surface area contributed by atoms with Gasteiger partial charge in [-0.15, -0.1) is 0 Å². The van der Waals surface area contributed by atoms with Crippen molar-refractivity contribution in [3.05, 3.63) is 82.2 Å². The normalized spacial score (nSPS) is 24.3. The molecule has 0 aromatic heterocycles. The van der Waals surface area contributed by atoms with E-state index < -0.39 is 35.8 Å². The largest absolute Gasteiger partial charge is 0.457 e. The van der Waals surface area contributed by atoms with Crippen molar-refractivity contribution in [1.82, 2.24) is 0 Å². The van der Waals surface area contributed by atoms with Crippen molar-refractivity contribution in [2.24, 2.45) is 5.11 Å². The van der Waals surface area contributed by atoms with Crippen molar-refractivity contribution >= 4 is 17.7 Å². The van der Waals surface area contributed by atoms with Gasteiger partial charge in [-0.1, -0.05) is 65.8 Å². The van der Waals surface area contributed by atoms with Gasteiger partial charge in [-0.05, 0) is 28.4 Å². The van der Waals surface area contributed by atoms with Crippen molar-refractivity contribution < 1.29 is 23.7 Å². The molecule has 1 heterocycles. The summed E-state index contributed by atoms with van der Waals surface area (Å²) in [6, 6.07) is 18.2. The van der Waals surface area contributed by atoms with Crippen LogP contribution in [0.5, 0.6) is 0 Å². The van der Waals surface area contributed by atoms with Gasteiger partial charge in [0.25, 0.3) is 0 Å². The predicted octanol–water partition coefficient (Wildman–Crippen LogP) is 4.34. The Morgan fingerprint density at radius 2 is 1.76 bits per heavy atom. The van der Waals surface area contributed by atoms with Crippen LogP contribution in [0.25, 0.3) is 10.4 Å². The van der Waals surface area contributed by atoms with Crippen molar-refractivity contribution in [2.75, 3.05) is 6.61 Å². The summed E-state index contributed by atoms with van der Waals surface area (Å²) >= 11 is 0.823. The van der Waals surface area contributed by atoms with Crippen LogP contribution in [0.15, 0.2) is 65.8 Å². The molecule has 0 unspecified atom stereocenters. The van der Waals surface area contributed by atoms with Gasteiger partial charge in [0.2, 0.25) is 0 Å². The van der Waals surface area contributed by atoms with Crippen LogP contribution in [0.2, 0.25) is 0 Å². The van der Waals surface area contributed by atoms with Gasteiger partial charge in [0.05, 0.1) is 19.8 Å². The third-order valence-electron chi connectivity index (χ3n) is 4.95. The lowest BCUT2D eigenvalue weighted by molar-refractivity contribution is -0.209. The number of nitrogens with zero attached hydrogens (tertiary/aromatic N) is 4. The molecule has 1 aliphatic rings. The Kier molecular flexibility index (Phi) is 9.57. The van der Waals surface area contributed by atoms with Gasteiger partial charge in [0.1, 0.15) is 29.1 Å². The van der Waals surface area contributed by atoms with Crippen molar-refractivity contribution in [2.45, 2.75) is 49.9 Å². The molecule has 1 fully saturated rings. The Hall–Kier alpha value is -3.06. The second-order valence-corrected chi connectivity index (χ2v) is 8.17. The second kappa shape index (κ2) is 12.8. The second-order valence-electron chi connectivity index (χ2n) is 7.28. The van der Waals surface area contributed by atoms with Crippen LogP contribution in [0.4, 0.5) is 0 Å². The summed E-state index contributed by atoms with van der Waals surface area (Å²) < 4.78 is 23.5. The maximum absolute atomic E-state index is 11.9. The fourth-order valence-corrected chi connectivity index (χ4v) is 4.17. The van der Waals surface area contributed by atoms with Crippen LogP contribution < -0.4 is 0 Å². The van der Waals surface area contributed by atoms with Gasteiger partial charge in [0.15, 0.2) is 6.10 Å². The molecule has 172 valence electrons. The molecule has 0 aliphatic carbocycles. The predicted molar refractivity (Wildman–Crippen MR) is 121 cm³/mol. The third kappa shape index (κ3) is 7.22. The van der Waals surface area contributed by atoms with Crippen molar-refractivity contribution in [3.8, 4) is 5.40 Å². The van der Waals surface area contributed by atoms with Gasteiger partial charge < -0.3 is 18.9 Å². The SMILES string of the molecule is CC(=O)O[C@H]1[C@H](OCc2ccccc2)[C@@H](N=[N+]=[N-])[C@H](SC#N)O[C@@H]1COCc1ccccc1. The Morgan fingerprint density at radius 3 is 2.33 bits per heavy atom. The highest BCUT2D eigenvalue weighted by Crippen LogP contribution is 2.34. The van der Waals surface area contributed by atoms with E-state index in [0.717, 1.165) is 22.9 Å². The van der Waals surface area contributed by atoms with Gasteiger partial charge in [-0.3, -0.25) is 4.79 Å². The fourth-order valence-electron chi connectivity index (χ4n) is 3.52. The van der Waals surface area contributed by atoms with Crippen LogP contribution in [0.3, 0.4) is 0 Å². The number of hydrogen-bond acceptors (Lipinski definition) is 8. The average molecular weight is 469 g/mol. The zero-order valence-electron chi connectivity index (χ0n) is 18.0. The van der Waals surface area contributed by atoms with E-state index in [1.807, 2.05) is 66.1 Å². The number of esters is 1. The number of carbonyl (C=O) groups is 1. The lowest BCUT2D eigenvalue weighted by Crippen LogP contribution is -2.59. The van der Waals surface area contributed by atoms with E-state index >= 15 is 0 Å². The number of rotatable bonds is 10. The zero-order chi connectivity index (χ0) is 23.5. The van der Waals surface area contributed by atoms with Crippen molar-refractivity contribution in [1.29, 1.82) is 5.26 Å². The van der Waals surface area contributed by atoms with Gasteiger partial charge in [-0.25, -0.2) is 0 Å². The monoisotopic (exact) mass is 468 g/mol. The molecule has 9 nitrogen and oxygen atoms in total. The summed E-state index contributed by atoms with van der Waals surface area (Å²) in [5.74, 6) is -0.531. The summed E-state index contributed by atoms with van der Waals surface area (Å²) in [5.41, 5.74) is 10.2. The smallest absolute Gasteiger partial charge is 0.303 e. The molecule has 33 heavy (non-hydrogen) atoms. The first kappa shape index (κ1) is 24.6. The number of carbonyl (C=O) groups excluding carboxylic acids is 1. The molecule has 0 bridgehead atoms. The fraction of sp³-hybridized carbons (Fsp3) is 0.391. The summed E-state index contributed by atoms with van der Waals surface area (Å²) in [4.78, 5) is 14.8. The van der Waals surface area contributed by atoms with E-state index in [-0.39, 0.29) is 13.2 Å². The van der Waals surface area contributed by atoms with Crippen LogP contribution >= 0.6 is 11.8 Å². The van der Waals surface area contributed by atoms with Crippen LogP contribution in [-0.4, -0.2) is 42.4 Å². The molecule has 2 aromatic rings. The highest BCUT2D eigenvalue weighted by atomic mass is 32.2. The number of azide groups is 1. The number of thioether (sulfide) groups is 1. The average Bonchev–Trinajstić information content (AvgIpc) is 2.82. The van der Waals surface area contributed by atoms with E-state index in [1.165, 1.54) is 6.92 Å². The maximum Gasteiger partial charge on any atom is 0.303 e. The van der Waals surface area contributed by atoms with Crippen LogP contribution in [0.1, 0.15) is 18.1 Å². The third-order valence-corrected chi connectivity index (χ3v) is 5.68. The summed E-state index contributed by atoms with van der Waals surface area (Å²) in [6.07, 6.45) is -2.46. The number of hydrogen-bond donors (Lipinski definition) is 0. The molecule has 2 aromatic carbocycles. The number of thiocyanates is 1. The number of nitriles is 1. The molecule has 0 amide bonds. The van der Waals surface area contributed by atoms with E-state index in [1.54, 1.807) is 0 Å². The lowest BCUT2D eigenvalue weighted by Gasteiger charge is -2.43. The standard InChI is InChI=1S/C23H24N4O5S/c1-16(28)31-21-19(14-29-12-17-8-4-2-5-9-17)32-23(33-15-24)20(26-27-25)22(21)30-13-18-10-6-3-7-11-18/h2-11,19-23H,12-14H2,1H3/t19-,20-,21-,22-,23+/m1/s1. The molecule has 1 aliphatic heterocycles. The molecule has 10 heteroatoms. The minimum atomic E-state index is -0.895. The minimum absolute atomic E-state index is 0.0868. The Balaban J connectivity index is 1.82. The first-order chi connectivity index (χ1) is 16.1. The molecule has 0 spiro atoms. The molecule has 3 rings (SSSR count). The molecular weight excluding hydrogens is 444 g/mol. The molecule has 0 N–H and O–H groups in total. The van der Waals surface area contributed by atoms with Gasteiger partial charge in [-0.2, -0.15) is 5.26 Å². The minimum Gasteiger partial charge on any atom is -0.457 e. The Bertz CT molecular complexity index is 981. The van der Waals surface area contributed by atoms with Gasteiger partial charge in [0, 0.05) is 11.8 Å². The lowest BCUT2D eigenvalue weighted by atomic mass is 9.98. The molecule has 1 saturated heterocycles. The summed E-state index contributed by atoms with van der Waals surface area (Å²) in [6.45, 7) is 1.90. The van der Waals surface area contributed by atoms with E-state index in [9.17, 15) is 10.1 Å². The molecule has 0 saturated carbocycles. The first-order valence-corrected chi connectivity index (χ1v) is 11.2.